The lowest BCUT2D eigenvalue weighted by Crippen LogP contribution is -2.22. The Hall–Kier alpha value is -1.99. The molecule has 1 amide bonds. The molecule has 0 heterocycles. The van der Waals surface area contributed by atoms with Gasteiger partial charge in [0.2, 0.25) is 5.91 Å². The van der Waals surface area contributed by atoms with E-state index in [1.165, 1.54) is 23.9 Å². The molecule has 7 heteroatoms. The molecule has 2 aromatic carbocycles. The van der Waals surface area contributed by atoms with Gasteiger partial charge in [-0.15, -0.1) is 23.5 Å². The van der Waals surface area contributed by atoms with Crippen LogP contribution in [0.1, 0.15) is 6.92 Å². The lowest BCUT2D eigenvalue weighted by atomic mass is 10.3. The number of carbonyl (C=O) groups excluding carboxylic acids is 1. The van der Waals surface area contributed by atoms with Crippen molar-refractivity contribution in [1.82, 2.24) is 0 Å². The number of thioether (sulfide) groups is 2. The summed E-state index contributed by atoms with van der Waals surface area (Å²) >= 11 is 2.97. The van der Waals surface area contributed by atoms with Crippen molar-refractivity contribution in [2.24, 2.45) is 0 Å². The largest absolute Gasteiger partial charge is 0.325 e. The van der Waals surface area contributed by atoms with Crippen molar-refractivity contribution in [3.63, 3.8) is 0 Å². The van der Waals surface area contributed by atoms with Gasteiger partial charge in [-0.05, 0) is 43.5 Å². The highest BCUT2D eigenvalue weighted by atomic mass is 32.2. The third-order valence-corrected chi connectivity index (χ3v) is 4.90. The van der Waals surface area contributed by atoms with Crippen LogP contribution in [0.4, 0.5) is 11.4 Å². The first-order valence-corrected chi connectivity index (χ1v) is 8.96. The predicted molar refractivity (Wildman–Crippen MR) is 95.3 cm³/mol. The second kappa shape index (κ2) is 8.03. The molecule has 0 aliphatic heterocycles. The maximum Gasteiger partial charge on any atom is 0.269 e. The second-order valence-corrected chi connectivity index (χ2v) is 7.03. The minimum absolute atomic E-state index is 0.0420. The fourth-order valence-corrected chi connectivity index (χ4v) is 3.18. The molecule has 2 aromatic rings. The average molecular weight is 348 g/mol. The van der Waals surface area contributed by atoms with Crippen LogP contribution in [0.2, 0.25) is 0 Å². The Morgan fingerprint density at radius 2 is 1.87 bits per heavy atom. The Labute approximate surface area is 143 Å². The first-order valence-electron chi connectivity index (χ1n) is 6.85. The van der Waals surface area contributed by atoms with Crippen LogP contribution >= 0.6 is 23.5 Å². The van der Waals surface area contributed by atoms with Crippen molar-refractivity contribution in [1.29, 1.82) is 0 Å². The molecule has 1 atom stereocenters. The first-order chi connectivity index (χ1) is 11.0. The van der Waals surface area contributed by atoms with E-state index < -0.39 is 4.92 Å². The van der Waals surface area contributed by atoms with Gasteiger partial charge in [-0.3, -0.25) is 14.9 Å². The van der Waals surface area contributed by atoms with Gasteiger partial charge < -0.3 is 5.32 Å². The number of amides is 1. The van der Waals surface area contributed by atoms with E-state index in [9.17, 15) is 14.9 Å². The van der Waals surface area contributed by atoms with Crippen molar-refractivity contribution >= 4 is 40.8 Å². The highest BCUT2D eigenvalue weighted by Crippen LogP contribution is 2.26. The molecule has 5 nitrogen and oxygen atoms in total. The van der Waals surface area contributed by atoms with Crippen LogP contribution in [0.3, 0.4) is 0 Å². The third-order valence-electron chi connectivity index (χ3n) is 3.07. The topological polar surface area (TPSA) is 72.2 Å². The molecule has 23 heavy (non-hydrogen) atoms. The smallest absolute Gasteiger partial charge is 0.269 e. The van der Waals surface area contributed by atoms with E-state index in [4.69, 9.17) is 0 Å². The van der Waals surface area contributed by atoms with E-state index in [1.54, 1.807) is 30.8 Å². The molecule has 1 N–H and O–H groups in total. The summed E-state index contributed by atoms with van der Waals surface area (Å²) in [5, 5.41) is 13.2. The van der Waals surface area contributed by atoms with Crippen molar-refractivity contribution in [3.8, 4) is 0 Å². The van der Waals surface area contributed by atoms with Crippen molar-refractivity contribution in [2.75, 3.05) is 11.6 Å². The van der Waals surface area contributed by atoms with Gasteiger partial charge in [-0.1, -0.05) is 6.07 Å². The number of nitrogens with one attached hydrogen (secondary N) is 1. The zero-order valence-corrected chi connectivity index (χ0v) is 14.3. The maximum absolute atomic E-state index is 12.2. The predicted octanol–water partition coefficient (Wildman–Crippen LogP) is 4.44. The van der Waals surface area contributed by atoms with E-state index >= 15 is 0 Å². The van der Waals surface area contributed by atoms with Crippen LogP contribution in [0, 0.1) is 10.1 Å². The molecule has 120 valence electrons. The Morgan fingerprint density at radius 3 is 2.48 bits per heavy atom. The number of hydrogen-bond acceptors (Lipinski definition) is 5. The normalized spacial score (nSPS) is 11.7. The van der Waals surface area contributed by atoms with Gasteiger partial charge >= 0.3 is 0 Å². The minimum Gasteiger partial charge on any atom is -0.325 e. The zero-order chi connectivity index (χ0) is 16.8. The number of nitrogens with zero attached hydrogens (tertiary/aromatic N) is 1. The molecular formula is C16H16N2O3S2. The first kappa shape index (κ1) is 17.4. The van der Waals surface area contributed by atoms with E-state index in [0.29, 0.717) is 0 Å². The van der Waals surface area contributed by atoms with Gasteiger partial charge in [0.05, 0.1) is 10.2 Å². The van der Waals surface area contributed by atoms with Gasteiger partial charge in [0, 0.05) is 27.6 Å². The zero-order valence-electron chi connectivity index (χ0n) is 12.7. The van der Waals surface area contributed by atoms with Gasteiger partial charge in [0.1, 0.15) is 0 Å². The number of hydrogen-bond donors (Lipinski definition) is 1. The Bertz CT molecular complexity index is 705. The molecule has 0 aliphatic carbocycles. The molecule has 1 unspecified atom stereocenters. The molecule has 0 aromatic heterocycles. The Morgan fingerprint density at radius 1 is 1.17 bits per heavy atom. The summed E-state index contributed by atoms with van der Waals surface area (Å²) in [7, 11) is 0. The highest BCUT2D eigenvalue weighted by Gasteiger charge is 2.15. The van der Waals surface area contributed by atoms with Gasteiger partial charge in [0.15, 0.2) is 0 Å². The lowest BCUT2D eigenvalue weighted by molar-refractivity contribution is -0.384. The fraction of sp³-hybridized carbons (Fsp3) is 0.188. The fourth-order valence-electron chi connectivity index (χ4n) is 1.85. The van der Waals surface area contributed by atoms with Crippen LogP contribution in [-0.4, -0.2) is 22.3 Å². The molecule has 0 radical (unpaired) electrons. The monoisotopic (exact) mass is 348 g/mol. The van der Waals surface area contributed by atoms with Crippen LogP contribution in [-0.2, 0) is 4.79 Å². The second-order valence-electron chi connectivity index (χ2n) is 4.73. The van der Waals surface area contributed by atoms with Crippen molar-refractivity contribution < 1.29 is 9.72 Å². The summed E-state index contributed by atoms with van der Waals surface area (Å²) in [6.07, 6.45) is 1.98. The highest BCUT2D eigenvalue weighted by molar-refractivity contribution is 8.00. The van der Waals surface area contributed by atoms with Crippen LogP contribution in [0.15, 0.2) is 58.3 Å². The Balaban J connectivity index is 1.97. The maximum atomic E-state index is 12.2. The summed E-state index contributed by atoms with van der Waals surface area (Å²) in [5.74, 6) is -0.105. The lowest BCUT2D eigenvalue weighted by Gasteiger charge is -2.12. The van der Waals surface area contributed by atoms with Gasteiger partial charge in [-0.2, -0.15) is 0 Å². The summed E-state index contributed by atoms with van der Waals surface area (Å²) in [5.41, 5.74) is 0.804. The molecule has 0 saturated heterocycles. The van der Waals surface area contributed by atoms with Crippen molar-refractivity contribution in [3.05, 3.63) is 58.6 Å². The standard InChI is InChI=1S/C16H16N2O3S2/c1-11(23-14-8-6-13(7-9-14)18(20)21)16(19)17-12-4-3-5-15(10-12)22-2/h3-11H,1-2H3,(H,17,19). The molecule has 0 saturated carbocycles. The summed E-state index contributed by atoms with van der Waals surface area (Å²) < 4.78 is 0. The Kier molecular flexibility index (Phi) is 6.06. The number of nitro groups is 1. The number of non-ortho nitro benzene ring substituents is 1. The van der Waals surface area contributed by atoms with E-state index in [-0.39, 0.29) is 16.8 Å². The molecule has 0 aliphatic rings. The summed E-state index contributed by atoms with van der Waals surface area (Å²) in [6, 6.07) is 13.8. The van der Waals surface area contributed by atoms with E-state index in [0.717, 1.165) is 15.5 Å². The molecule has 0 spiro atoms. The SMILES string of the molecule is CSc1cccc(NC(=O)C(C)Sc2ccc([N+](=O)[O-])cc2)c1. The molecular weight excluding hydrogens is 332 g/mol. The van der Waals surface area contributed by atoms with E-state index in [2.05, 4.69) is 5.32 Å². The average Bonchev–Trinajstić information content (AvgIpc) is 2.55. The third kappa shape index (κ3) is 5.01. The number of carbonyl (C=O) groups is 1. The number of anilines is 1. The van der Waals surface area contributed by atoms with E-state index in [1.807, 2.05) is 30.5 Å². The number of nitro benzene ring substituents is 1. The van der Waals surface area contributed by atoms with Crippen LogP contribution in [0.5, 0.6) is 0 Å². The van der Waals surface area contributed by atoms with Gasteiger partial charge in [-0.25, -0.2) is 0 Å². The van der Waals surface area contributed by atoms with Crippen LogP contribution in [0.25, 0.3) is 0 Å². The summed E-state index contributed by atoms with van der Waals surface area (Å²) in [4.78, 5) is 24.3. The van der Waals surface area contributed by atoms with Crippen LogP contribution < -0.4 is 5.32 Å². The molecule has 0 fully saturated rings. The summed E-state index contributed by atoms with van der Waals surface area (Å²) in [6.45, 7) is 1.81. The molecule has 0 bridgehead atoms. The van der Waals surface area contributed by atoms with Gasteiger partial charge in [0.25, 0.3) is 5.69 Å². The molecule has 2 rings (SSSR count). The van der Waals surface area contributed by atoms with Crippen molar-refractivity contribution in [2.45, 2.75) is 22.0 Å². The quantitative estimate of drug-likeness (QED) is 0.475. The number of benzene rings is 2. The minimum atomic E-state index is -0.441. The number of rotatable bonds is 6.